The number of amides is 1. The first-order chi connectivity index (χ1) is 11.6. The number of benzene rings is 2. The zero-order valence-electron chi connectivity index (χ0n) is 13.5. The average molecular weight is 323 g/mol. The number of nitrogens with one attached hydrogen (secondary N) is 1. The Labute approximate surface area is 141 Å². The summed E-state index contributed by atoms with van der Waals surface area (Å²) in [6, 6.07) is 16.7. The van der Waals surface area contributed by atoms with Crippen LogP contribution in [0.25, 0.3) is 0 Å². The standard InChI is InChI=1S/C20H21NO3/c22-18(14-15-7-6-8-16(13-15)19(23)24)21-20(11-4-5-12-20)17-9-2-1-3-10-17/h1-3,6-10,13H,4-5,11-12,14H2,(H,21,22)(H,23,24). The average Bonchev–Trinajstić information content (AvgIpc) is 3.05. The number of carbonyl (C=O) groups is 2. The van der Waals surface area contributed by atoms with Crippen LogP contribution in [0.5, 0.6) is 0 Å². The minimum absolute atomic E-state index is 0.0664. The highest BCUT2D eigenvalue weighted by atomic mass is 16.4. The molecule has 1 fully saturated rings. The second-order valence-electron chi connectivity index (χ2n) is 6.39. The molecule has 0 unspecified atom stereocenters. The van der Waals surface area contributed by atoms with Crippen molar-refractivity contribution in [2.24, 2.45) is 0 Å². The highest BCUT2D eigenvalue weighted by Gasteiger charge is 2.36. The van der Waals surface area contributed by atoms with Gasteiger partial charge in [0, 0.05) is 0 Å². The molecule has 0 aliphatic heterocycles. The summed E-state index contributed by atoms with van der Waals surface area (Å²) < 4.78 is 0. The number of carbonyl (C=O) groups excluding carboxylic acids is 1. The number of rotatable bonds is 5. The predicted octanol–water partition coefficient (Wildman–Crippen LogP) is 3.51. The largest absolute Gasteiger partial charge is 0.478 e. The highest BCUT2D eigenvalue weighted by Crippen LogP contribution is 2.38. The maximum atomic E-state index is 12.6. The summed E-state index contributed by atoms with van der Waals surface area (Å²) in [7, 11) is 0. The third kappa shape index (κ3) is 3.48. The first kappa shape index (κ1) is 16.2. The lowest BCUT2D eigenvalue weighted by Crippen LogP contribution is -2.44. The Balaban J connectivity index is 1.75. The van der Waals surface area contributed by atoms with Gasteiger partial charge in [0.05, 0.1) is 17.5 Å². The normalized spacial score (nSPS) is 15.8. The maximum Gasteiger partial charge on any atom is 0.335 e. The van der Waals surface area contributed by atoms with Crippen LogP contribution in [0.15, 0.2) is 54.6 Å². The number of carboxylic acids is 1. The Morgan fingerprint density at radius 3 is 2.38 bits per heavy atom. The molecule has 1 aliphatic carbocycles. The summed E-state index contributed by atoms with van der Waals surface area (Å²) in [4.78, 5) is 23.6. The van der Waals surface area contributed by atoms with Crippen molar-refractivity contribution in [3.63, 3.8) is 0 Å². The fourth-order valence-electron chi connectivity index (χ4n) is 3.53. The molecule has 0 spiro atoms. The quantitative estimate of drug-likeness (QED) is 0.885. The summed E-state index contributed by atoms with van der Waals surface area (Å²) in [5, 5.41) is 12.3. The van der Waals surface area contributed by atoms with E-state index in [0.717, 1.165) is 31.2 Å². The van der Waals surface area contributed by atoms with Crippen molar-refractivity contribution >= 4 is 11.9 Å². The Bertz CT molecular complexity index is 734. The number of hydrogen-bond donors (Lipinski definition) is 2. The molecule has 1 aliphatic rings. The van der Waals surface area contributed by atoms with Crippen molar-refractivity contribution < 1.29 is 14.7 Å². The second-order valence-corrected chi connectivity index (χ2v) is 6.39. The van der Waals surface area contributed by atoms with Crippen LogP contribution in [0, 0.1) is 0 Å². The Morgan fingerprint density at radius 1 is 1.00 bits per heavy atom. The fraction of sp³-hybridized carbons (Fsp3) is 0.300. The lowest BCUT2D eigenvalue weighted by atomic mass is 9.88. The number of hydrogen-bond acceptors (Lipinski definition) is 2. The topological polar surface area (TPSA) is 66.4 Å². The van der Waals surface area contributed by atoms with Gasteiger partial charge >= 0.3 is 5.97 Å². The van der Waals surface area contributed by atoms with E-state index in [-0.39, 0.29) is 23.4 Å². The summed E-state index contributed by atoms with van der Waals surface area (Å²) in [5.74, 6) is -1.04. The Hall–Kier alpha value is -2.62. The maximum absolute atomic E-state index is 12.6. The van der Waals surface area contributed by atoms with Crippen molar-refractivity contribution in [3.8, 4) is 0 Å². The first-order valence-corrected chi connectivity index (χ1v) is 8.28. The van der Waals surface area contributed by atoms with E-state index >= 15 is 0 Å². The van der Waals surface area contributed by atoms with Crippen LogP contribution in [0.4, 0.5) is 0 Å². The van der Waals surface area contributed by atoms with E-state index in [2.05, 4.69) is 17.4 Å². The third-order valence-electron chi connectivity index (χ3n) is 4.70. The van der Waals surface area contributed by atoms with Crippen molar-refractivity contribution in [2.45, 2.75) is 37.6 Å². The lowest BCUT2D eigenvalue weighted by Gasteiger charge is -2.31. The third-order valence-corrected chi connectivity index (χ3v) is 4.70. The molecule has 0 bridgehead atoms. The van der Waals surface area contributed by atoms with Crippen molar-refractivity contribution in [2.75, 3.05) is 0 Å². The second kappa shape index (κ2) is 6.87. The molecular weight excluding hydrogens is 302 g/mol. The monoisotopic (exact) mass is 323 g/mol. The van der Waals surface area contributed by atoms with Gasteiger partial charge < -0.3 is 10.4 Å². The molecular formula is C20H21NO3. The minimum Gasteiger partial charge on any atom is -0.478 e. The Kier molecular flexibility index (Phi) is 4.65. The summed E-state index contributed by atoms with van der Waals surface area (Å²) in [6.45, 7) is 0. The summed E-state index contributed by atoms with van der Waals surface area (Å²) in [5.41, 5.74) is 1.78. The van der Waals surface area contributed by atoms with Gasteiger partial charge in [-0.2, -0.15) is 0 Å². The number of carboxylic acid groups (broad SMARTS) is 1. The lowest BCUT2D eigenvalue weighted by molar-refractivity contribution is -0.122. The molecule has 1 amide bonds. The van der Waals surface area contributed by atoms with Gasteiger partial charge in [-0.3, -0.25) is 4.79 Å². The van der Waals surface area contributed by atoms with Gasteiger partial charge in [0.15, 0.2) is 0 Å². The van der Waals surface area contributed by atoms with Crippen LogP contribution in [0.2, 0.25) is 0 Å². The highest BCUT2D eigenvalue weighted by molar-refractivity contribution is 5.88. The van der Waals surface area contributed by atoms with Gasteiger partial charge in [-0.05, 0) is 36.1 Å². The van der Waals surface area contributed by atoms with Crippen molar-refractivity contribution in [3.05, 3.63) is 71.3 Å². The molecule has 2 N–H and O–H groups in total. The van der Waals surface area contributed by atoms with Crippen LogP contribution in [-0.2, 0) is 16.8 Å². The van der Waals surface area contributed by atoms with Crippen LogP contribution in [0.1, 0.15) is 47.2 Å². The van der Waals surface area contributed by atoms with Gasteiger partial charge in [-0.25, -0.2) is 4.79 Å². The van der Waals surface area contributed by atoms with Crippen LogP contribution < -0.4 is 5.32 Å². The molecule has 0 saturated heterocycles. The molecule has 1 saturated carbocycles. The number of aromatic carboxylic acids is 1. The smallest absolute Gasteiger partial charge is 0.335 e. The molecule has 0 aromatic heterocycles. The molecule has 4 nitrogen and oxygen atoms in total. The van der Waals surface area contributed by atoms with Crippen LogP contribution >= 0.6 is 0 Å². The van der Waals surface area contributed by atoms with E-state index in [1.807, 2.05) is 18.2 Å². The van der Waals surface area contributed by atoms with E-state index in [1.165, 1.54) is 6.07 Å². The van der Waals surface area contributed by atoms with E-state index in [1.54, 1.807) is 18.2 Å². The van der Waals surface area contributed by atoms with Crippen LogP contribution in [-0.4, -0.2) is 17.0 Å². The van der Waals surface area contributed by atoms with E-state index in [4.69, 9.17) is 5.11 Å². The van der Waals surface area contributed by atoms with Gasteiger partial charge in [-0.15, -0.1) is 0 Å². The molecule has 2 aromatic carbocycles. The zero-order valence-corrected chi connectivity index (χ0v) is 13.5. The predicted molar refractivity (Wildman–Crippen MR) is 91.8 cm³/mol. The Morgan fingerprint density at radius 2 is 1.71 bits per heavy atom. The summed E-state index contributed by atoms with van der Waals surface area (Å²) in [6.07, 6.45) is 4.28. The van der Waals surface area contributed by atoms with Crippen LogP contribution in [0.3, 0.4) is 0 Å². The molecule has 4 heteroatoms. The SMILES string of the molecule is O=C(Cc1cccc(C(=O)O)c1)NC1(c2ccccc2)CCCC1. The van der Waals surface area contributed by atoms with Gasteiger partial charge in [0.1, 0.15) is 0 Å². The molecule has 3 rings (SSSR count). The molecule has 2 aromatic rings. The van der Waals surface area contributed by atoms with E-state index in [0.29, 0.717) is 5.56 Å². The van der Waals surface area contributed by atoms with Gasteiger partial charge in [0.25, 0.3) is 0 Å². The molecule has 0 heterocycles. The summed E-state index contributed by atoms with van der Waals surface area (Å²) >= 11 is 0. The molecule has 24 heavy (non-hydrogen) atoms. The van der Waals surface area contributed by atoms with E-state index < -0.39 is 5.97 Å². The zero-order chi connectivity index (χ0) is 17.0. The molecule has 0 atom stereocenters. The van der Waals surface area contributed by atoms with Gasteiger partial charge in [-0.1, -0.05) is 55.3 Å². The van der Waals surface area contributed by atoms with Gasteiger partial charge in [0.2, 0.25) is 5.91 Å². The van der Waals surface area contributed by atoms with Crippen molar-refractivity contribution in [1.29, 1.82) is 0 Å². The first-order valence-electron chi connectivity index (χ1n) is 8.28. The van der Waals surface area contributed by atoms with Crippen molar-refractivity contribution in [1.82, 2.24) is 5.32 Å². The molecule has 124 valence electrons. The minimum atomic E-state index is -0.978. The van der Waals surface area contributed by atoms with E-state index in [9.17, 15) is 9.59 Å². The fourth-order valence-corrected chi connectivity index (χ4v) is 3.53. The molecule has 0 radical (unpaired) electrons.